The Bertz CT molecular complexity index is 1630. The summed E-state index contributed by atoms with van der Waals surface area (Å²) in [6.07, 6.45) is 8.43. The molecule has 8 heteroatoms. The highest BCUT2D eigenvalue weighted by Crippen LogP contribution is 2.20. The first-order chi connectivity index (χ1) is 22.0. The van der Waals surface area contributed by atoms with E-state index in [1.807, 2.05) is 98.8 Å². The Hall–Kier alpha value is -4.82. The summed E-state index contributed by atoms with van der Waals surface area (Å²) in [4.78, 5) is 48.6. The van der Waals surface area contributed by atoms with Crippen molar-refractivity contribution >= 4 is 28.5 Å². The van der Waals surface area contributed by atoms with Gasteiger partial charge in [-0.1, -0.05) is 78.9 Å². The van der Waals surface area contributed by atoms with Crippen LogP contribution in [0.2, 0.25) is 0 Å². The molecule has 2 unspecified atom stereocenters. The van der Waals surface area contributed by atoms with Crippen molar-refractivity contribution in [2.75, 3.05) is 20.6 Å². The van der Waals surface area contributed by atoms with Gasteiger partial charge >= 0.3 is 0 Å². The molecule has 0 radical (unpaired) electrons. The van der Waals surface area contributed by atoms with Gasteiger partial charge < -0.3 is 20.9 Å². The topological polar surface area (TPSA) is 109 Å². The lowest BCUT2D eigenvalue weighted by Gasteiger charge is -2.34. The minimum atomic E-state index is -0.850. The van der Waals surface area contributed by atoms with E-state index in [9.17, 15) is 14.4 Å². The van der Waals surface area contributed by atoms with Crippen molar-refractivity contribution in [1.29, 1.82) is 0 Å². The lowest BCUT2D eigenvalue weighted by Crippen LogP contribution is -2.56. The summed E-state index contributed by atoms with van der Waals surface area (Å²) in [6, 6.07) is 25.9. The minimum absolute atomic E-state index is 0.253. The lowest BCUT2D eigenvalue weighted by molar-refractivity contribution is -0.146. The Kier molecular flexibility index (Phi) is 11.8. The number of fused-ring (bicyclic) bond motifs is 1. The average molecular weight is 620 g/mol. The zero-order valence-electron chi connectivity index (χ0n) is 27.2. The van der Waals surface area contributed by atoms with Crippen molar-refractivity contribution < 1.29 is 14.4 Å². The number of carbonyl (C=O) groups excluding carboxylic acids is 3. The number of nitrogens with zero attached hydrogens (tertiary/aromatic N) is 3. The van der Waals surface area contributed by atoms with Crippen LogP contribution >= 0.6 is 0 Å². The van der Waals surface area contributed by atoms with Crippen LogP contribution in [0.25, 0.3) is 10.8 Å². The van der Waals surface area contributed by atoms with E-state index >= 15 is 0 Å². The number of carbonyl (C=O) groups is 3. The second kappa shape index (κ2) is 16.0. The standard InChI is InChI=1S/C38H45N5O3/c1-38(2,39)21-10-15-35(44)42(3)34(27-30-16-17-31-13-8-9-14-32(31)25-30)37(46)43(4)33(26-29-11-6-5-7-12-29)36(45)41-24-20-28-18-22-40-23-19-28/h5-19,22-23,25,33-34H,20-21,24,26-27,39H2,1-4H3,(H,41,45)/b15-10+. The number of amides is 3. The maximum absolute atomic E-state index is 14.4. The fourth-order valence-electron chi connectivity index (χ4n) is 5.34. The van der Waals surface area contributed by atoms with Crippen LogP contribution in [-0.2, 0) is 33.6 Å². The van der Waals surface area contributed by atoms with E-state index in [4.69, 9.17) is 5.73 Å². The molecular weight excluding hydrogens is 574 g/mol. The molecular formula is C38H45N5O3. The van der Waals surface area contributed by atoms with Gasteiger partial charge in [0.15, 0.2) is 0 Å². The van der Waals surface area contributed by atoms with E-state index in [1.165, 1.54) is 15.9 Å². The molecule has 0 aliphatic rings. The fourth-order valence-corrected chi connectivity index (χ4v) is 5.34. The van der Waals surface area contributed by atoms with E-state index in [2.05, 4.69) is 10.3 Å². The van der Waals surface area contributed by atoms with E-state index in [1.54, 1.807) is 32.6 Å². The number of likely N-dealkylation sites (N-methyl/N-ethyl adjacent to an activating group) is 2. The minimum Gasteiger partial charge on any atom is -0.354 e. The number of nitrogens with two attached hydrogens (primary N) is 1. The molecule has 8 nitrogen and oxygen atoms in total. The van der Waals surface area contributed by atoms with E-state index < -0.39 is 17.6 Å². The quantitative estimate of drug-likeness (QED) is 0.199. The van der Waals surface area contributed by atoms with E-state index in [0.29, 0.717) is 25.8 Å². The Labute approximate surface area is 272 Å². The van der Waals surface area contributed by atoms with Gasteiger partial charge in [-0.05, 0) is 72.4 Å². The van der Waals surface area contributed by atoms with Crippen molar-refractivity contribution in [3.05, 3.63) is 126 Å². The van der Waals surface area contributed by atoms with Crippen LogP contribution in [0, 0.1) is 0 Å². The summed E-state index contributed by atoms with van der Waals surface area (Å²) < 4.78 is 0. The first-order valence-electron chi connectivity index (χ1n) is 15.7. The Morgan fingerprint density at radius 1 is 0.804 bits per heavy atom. The predicted octanol–water partition coefficient (Wildman–Crippen LogP) is 4.72. The Balaban J connectivity index is 1.61. The number of benzene rings is 3. The molecule has 0 aliphatic carbocycles. The molecule has 46 heavy (non-hydrogen) atoms. The fraction of sp³-hybridized carbons (Fsp3) is 0.316. The number of hydrogen-bond acceptors (Lipinski definition) is 5. The van der Waals surface area contributed by atoms with Gasteiger partial charge in [-0.25, -0.2) is 0 Å². The first-order valence-corrected chi connectivity index (χ1v) is 15.7. The van der Waals surface area contributed by atoms with Crippen molar-refractivity contribution in [3.8, 4) is 0 Å². The molecule has 4 rings (SSSR count). The van der Waals surface area contributed by atoms with Crippen molar-refractivity contribution in [2.45, 2.75) is 57.2 Å². The monoisotopic (exact) mass is 619 g/mol. The normalized spacial score (nSPS) is 12.9. The number of pyridine rings is 1. The lowest BCUT2D eigenvalue weighted by atomic mass is 9.98. The van der Waals surface area contributed by atoms with Crippen LogP contribution in [0.4, 0.5) is 0 Å². The maximum atomic E-state index is 14.4. The summed E-state index contributed by atoms with van der Waals surface area (Å²) in [5.41, 5.74) is 8.54. The zero-order chi connectivity index (χ0) is 33.1. The van der Waals surface area contributed by atoms with Crippen LogP contribution in [0.1, 0.15) is 37.0 Å². The molecule has 3 amide bonds. The van der Waals surface area contributed by atoms with Crippen LogP contribution < -0.4 is 11.1 Å². The number of hydrogen-bond donors (Lipinski definition) is 2. The maximum Gasteiger partial charge on any atom is 0.246 e. The molecule has 3 N–H and O–H groups in total. The molecule has 0 aliphatic heterocycles. The molecule has 4 aromatic rings. The molecule has 0 saturated heterocycles. The smallest absolute Gasteiger partial charge is 0.246 e. The third-order valence-corrected chi connectivity index (χ3v) is 8.10. The van der Waals surface area contributed by atoms with Crippen LogP contribution in [0.15, 0.2) is 109 Å². The molecule has 0 bridgehead atoms. The molecule has 1 heterocycles. The van der Waals surface area contributed by atoms with Crippen molar-refractivity contribution in [3.63, 3.8) is 0 Å². The zero-order valence-corrected chi connectivity index (χ0v) is 27.2. The number of nitrogens with one attached hydrogen (secondary N) is 1. The van der Waals surface area contributed by atoms with Gasteiger partial charge in [-0.2, -0.15) is 0 Å². The summed E-state index contributed by atoms with van der Waals surface area (Å²) >= 11 is 0. The number of rotatable bonds is 14. The Morgan fingerprint density at radius 3 is 2.15 bits per heavy atom. The van der Waals surface area contributed by atoms with Crippen LogP contribution in [-0.4, -0.2) is 70.8 Å². The van der Waals surface area contributed by atoms with Gasteiger partial charge in [0.1, 0.15) is 12.1 Å². The van der Waals surface area contributed by atoms with Gasteiger partial charge in [0, 0.05) is 51.4 Å². The molecule has 0 spiro atoms. The molecule has 240 valence electrons. The average Bonchev–Trinajstić information content (AvgIpc) is 3.05. The first kappa shape index (κ1) is 34.1. The summed E-state index contributed by atoms with van der Waals surface area (Å²) in [5, 5.41) is 5.18. The molecule has 0 saturated carbocycles. The largest absolute Gasteiger partial charge is 0.354 e. The van der Waals surface area contributed by atoms with Gasteiger partial charge in [-0.15, -0.1) is 0 Å². The van der Waals surface area contributed by atoms with E-state index in [0.717, 1.165) is 27.5 Å². The third-order valence-electron chi connectivity index (χ3n) is 8.10. The number of aromatic nitrogens is 1. The van der Waals surface area contributed by atoms with Gasteiger partial charge in [0.2, 0.25) is 17.7 Å². The predicted molar refractivity (Wildman–Crippen MR) is 184 cm³/mol. The third kappa shape index (κ3) is 9.84. The highest BCUT2D eigenvalue weighted by molar-refractivity contribution is 5.95. The SMILES string of the molecule is CN(C(=O)/C=C/CC(C)(C)N)C(Cc1ccc2ccccc2c1)C(=O)N(C)C(Cc1ccccc1)C(=O)NCCc1ccncc1. The van der Waals surface area contributed by atoms with Crippen molar-refractivity contribution in [2.24, 2.45) is 5.73 Å². The highest BCUT2D eigenvalue weighted by Gasteiger charge is 2.34. The van der Waals surface area contributed by atoms with Gasteiger partial charge in [-0.3, -0.25) is 19.4 Å². The van der Waals surface area contributed by atoms with Crippen LogP contribution in [0.3, 0.4) is 0 Å². The summed E-state index contributed by atoms with van der Waals surface area (Å²) in [5.74, 6) is -0.878. The van der Waals surface area contributed by atoms with Crippen molar-refractivity contribution in [1.82, 2.24) is 20.1 Å². The Morgan fingerprint density at radius 2 is 1.46 bits per heavy atom. The highest BCUT2D eigenvalue weighted by atomic mass is 16.2. The second-order valence-electron chi connectivity index (χ2n) is 12.5. The summed E-state index contributed by atoms with van der Waals surface area (Å²) in [6.45, 7) is 4.19. The molecule has 1 aromatic heterocycles. The van der Waals surface area contributed by atoms with E-state index in [-0.39, 0.29) is 24.1 Å². The molecule has 3 aromatic carbocycles. The molecule has 0 fully saturated rings. The summed E-state index contributed by atoms with van der Waals surface area (Å²) in [7, 11) is 3.29. The molecule has 2 atom stereocenters. The van der Waals surface area contributed by atoms with Crippen LogP contribution in [0.5, 0.6) is 0 Å². The second-order valence-corrected chi connectivity index (χ2v) is 12.5. The van der Waals surface area contributed by atoms with Gasteiger partial charge in [0.05, 0.1) is 0 Å². The van der Waals surface area contributed by atoms with Gasteiger partial charge in [0.25, 0.3) is 0 Å².